The first-order chi connectivity index (χ1) is 14.4. The maximum absolute atomic E-state index is 12.3. The Balaban J connectivity index is 1.49. The highest BCUT2D eigenvalue weighted by molar-refractivity contribution is 7.98. The van der Waals surface area contributed by atoms with Crippen LogP contribution in [-0.2, 0) is 22.5 Å². The lowest BCUT2D eigenvalue weighted by atomic mass is 10.1. The van der Waals surface area contributed by atoms with Crippen molar-refractivity contribution in [3.05, 3.63) is 40.8 Å². The number of ether oxygens (including phenoxy) is 1. The maximum Gasteiger partial charge on any atom is 0.220 e. The van der Waals surface area contributed by atoms with Crippen LogP contribution in [0.5, 0.6) is 0 Å². The molecular weight excluding hydrogens is 398 g/mol. The summed E-state index contributed by atoms with van der Waals surface area (Å²) in [6, 6.07) is 4.04. The Hall–Kier alpha value is -2.19. The van der Waals surface area contributed by atoms with Crippen molar-refractivity contribution in [2.24, 2.45) is 0 Å². The first-order valence-electron chi connectivity index (χ1n) is 10.4. The van der Waals surface area contributed by atoms with Gasteiger partial charge in [0.05, 0.1) is 12.2 Å². The molecule has 0 unspecified atom stereocenters. The molecule has 2 atom stereocenters. The third-order valence-corrected chi connectivity index (χ3v) is 5.77. The number of amides is 1. The van der Waals surface area contributed by atoms with E-state index >= 15 is 0 Å². The van der Waals surface area contributed by atoms with Crippen LogP contribution in [0.15, 0.2) is 23.5 Å². The van der Waals surface area contributed by atoms with E-state index in [0.717, 1.165) is 46.6 Å². The summed E-state index contributed by atoms with van der Waals surface area (Å²) in [5.41, 5.74) is 3.95. The van der Waals surface area contributed by atoms with Gasteiger partial charge in [-0.05, 0) is 57.6 Å². The largest absolute Gasteiger partial charge is 0.372 e. The van der Waals surface area contributed by atoms with Crippen LogP contribution in [0.4, 0.5) is 5.82 Å². The lowest BCUT2D eigenvalue weighted by molar-refractivity contribution is -0.121. The van der Waals surface area contributed by atoms with Crippen LogP contribution in [-0.4, -0.2) is 52.4 Å². The Labute approximate surface area is 183 Å². The van der Waals surface area contributed by atoms with Crippen molar-refractivity contribution < 1.29 is 9.53 Å². The number of morpholine rings is 1. The Morgan fingerprint density at radius 3 is 2.43 bits per heavy atom. The van der Waals surface area contributed by atoms with Gasteiger partial charge in [0.15, 0.2) is 5.16 Å². The standard InChI is InChI=1S/C22H31N5O2S/c1-14-12-27(13-15(2)29-14)20-8-6-18(10-23-20)11-24-21(28)9-7-19-16(3)25-22(30-5)26-17(19)4/h6,8,10,14-15H,7,9,11-13H2,1-5H3,(H,24,28)/t14-,15-/m0/s1. The lowest BCUT2D eigenvalue weighted by Gasteiger charge is -2.36. The number of aryl methyl sites for hydroxylation is 2. The second kappa shape index (κ2) is 10.2. The summed E-state index contributed by atoms with van der Waals surface area (Å²) >= 11 is 1.53. The van der Waals surface area contributed by atoms with E-state index in [1.165, 1.54) is 11.8 Å². The zero-order chi connectivity index (χ0) is 21.7. The molecule has 1 amide bonds. The predicted molar refractivity (Wildman–Crippen MR) is 120 cm³/mol. The molecule has 2 aromatic heterocycles. The van der Waals surface area contributed by atoms with Crippen molar-refractivity contribution in [3.8, 4) is 0 Å². The summed E-state index contributed by atoms with van der Waals surface area (Å²) < 4.78 is 5.78. The predicted octanol–water partition coefficient (Wildman–Crippen LogP) is 3.07. The molecule has 0 aromatic carbocycles. The number of hydrogen-bond donors (Lipinski definition) is 1. The SMILES string of the molecule is CSc1nc(C)c(CCC(=O)NCc2ccc(N3C[C@H](C)O[C@@H](C)C3)nc2)c(C)n1. The first kappa shape index (κ1) is 22.5. The first-order valence-corrected chi connectivity index (χ1v) is 11.6. The average Bonchev–Trinajstić information content (AvgIpc) is 2.71. The molecule has 0 radical (unpaired) electrons. The number of rotatable bonds is 7. The normalized spacial score (nSPS) is 19.0. The summed E-state index contributed by atoms with van der Waals surface area (Å²) in [6.07, 6.45) is 5.25. The second-order valence-corrected chi connectivity index (χ2v) is 8.60. The average molecular weight is 430 g/mol. The summed E-state index contributed by atoms with van der Waals surface area (Å²) in [5.74, 6) is 0.967. The minimum atomic E-state index is 0.0163. The van der Waals surface area contributed by atoms with Crippen LogP contribution in [0.25, 0.3) is 0 Å². The minimum absolute atomic E-state index is 0.0163. The topological polar surface area (TPSA) is 80.2 Å². The molecule has 8 heteroatoms. The van der Waals surface area contributed by atoms with Gasteiger partial charge in [0.1, 0.15) is 5.82 Å². The zero-order valence-corrected chi connectivity index (χ0v) is 19.3. The Kier molecular flexibility index (Phi) is 7.66. The van der Waals surface area contributed by atoms with Gasteiger partial charge in [-0.2, -0.15) is 0 Å². The second-order valence-electron chi connectivity index (χ2n) is 7.82. The van der Waals surface area contributed by atoms with E-state index in [4.69, 9.17) is 4.74 Å². The number of nitrogens with one attached hydrogen (secondary N) is 1. The fourth-order valence-electron chi connectivity index (χ4n) is 3.76. The highest BCUT2D eigenvalue weighted by Gasteiger charge is 2.23. The molecule has 1 fully saturated rings. The molecule has 0 aliphatic carbocycles. The molecule has 3 rings (SSSR count). The van der Waals surface area contributed by atoms with Gasteiger partial charge in [-0.15, -0.1) is 0 Å². The minimum Gasteiger partial charge on any atom is -0.372 e. The Morgan fingerprint density at radius 2 is 1.87 bits per heavy atom. The fourth-order valence-corrected chi connectivity index (χ4v) is 4.22. The molecule has 7 nitrogen and oxygen atoms in total. The van der Waals surface area contributed by atoms with Crippen molar-refractivity contribution >= 4 is 23.5 Å². The highest BCUT2D eigenvalue weighted by atomic mass is 32.2. The van der Waals surface area contributed by atoms with Crippen LogP contribution < -0.4 is 10.2 Å². The van der Waals surface area contributed by atoms with Crippen LogP contribution >= 0.6 is 11.8 Å². The zero-order valence-electron chi connectivity index (χ0n) is 18.4. The molecule has 1 aliphatic rings. The van der Waals surface area contributed by atoms with Crippen LogP contribution in [0.3, 0.4) is 0 Å². The smallest absolute Gasteiger partial charge is 0.220 e. The molecule has 162 valence electrons. The molecule has 1 aliphatic heterocycles. The van der Waals surface area contributed by atoms with Gasteiger partial charge in [0.25, 0.3) is 0 Å². The van der Waals surface area contributed by atoms with Gasteiger partial charge in [-0.1, -0.05) is 17.8 Å². The van der Waals surface area contributed by atoms with Crippen molar-refractivity contribution in [1.82, 2.24) is 20.3 Å². The van der Waals surface area contributed by atoms with Crippen LogP contribution in [0.2, 0.25) is 0 Å². The van der Waals surface area contributed by atoms with E-state index in [1.54, 1.807) is 0 Å². The number of hydrogen-bond acceptors (Lipinski definition) is 7. The third kappa shape index (κ3) is 5.92. The molecule has 0 bridgehead atoms. The summed E-state index contributed by atoms with van der Waals surface area (Å²) in [6.45, 7) is 10.3. The van der Waals surface area contributed by atoms with Gasteiger partial charge in [0, 0.05) is 43.6 Å². The van der Waals surface area contributed by atoms with E-state index in [2.05, 4.69) is 39.0 Å². The van der Waals surface area contributed by atoms with E-state index in [1.807, 2.05) is 38.4 Å². The third-order valence-electron chi connectivity index (χ3n) is 5.23. The summed E-state index contributed by atoms with van der Waals surface area (Å²) in [7, 11) is 0. The number of carbonyl (C=O) groups is 1. The number of pyridine rings is 1. The molecule has 1 N–H and O–H groups in total. The summed E-state index contributed by atoms with van der Waals surface area (Å²) in [5, 5.41) is 3.76. The van der Waals surface area contributed by atoms with Crippen molar-refractivity contribution in [1.29, 1.82) is 0 Å². The van der Waals surface area contributed by atoms with Gasteiger partial charge >= 0.3 is 0 Å². The molecule has 3 heterocycles. The van der Waals surface area contributed by atoms with Crippen molar-refractivity contribution in [2.75, 3.05) is 24.2 Å². The number of aromatic nitrogens is 3. The lowest BCUT2D eigenvalue weighted by Crippen LogP contribution is -2.45. The Bertz CT molecular complexity index is 841. The maximum atomic E-state index is 12.3. The molecule has 0 spiro atoms. The van der Waals surface area contributed by atoms with Crippen molar-refractivity contribution in [3.63, 3.8) is 0 Å². The van der Waals surface area contributed by atoms with E-state index in [0.29, 0.717) is 19.4 Å². The van der Waals surface area contributed by atoms with Gasteiger partial charge < -0.3 is 15.0 Å². The van der Waals surface area contributed by atoms with Gasteiger partial charge in [0.2, 0.25) is 5.91 Å². The van der Waals surface area contributed by atoms with Gasteiger partial charge in [-0.25, -0.2) is 15.0 Å². The molecule has 30 heavy (non-hydrogen) atoms. The van der Waals surface area contributed by atoms with E-state index < -0.39 is 0 Å². The Morgan fingerprint density at radius 1 is 1.20 bits per heavy atom. The number of anilines is 1. The van der Waals surface area contributed by atoms with Crippen molar-refractivity contribution in [2.45, 2.75) is 64.4 Å². The van der Waals surface area contributed by atoms with E-state index in [-0.39, 0.29) is 18.1 Å². The molecule has 1 saturated heterocycles. The molecule has 2 aromatic rings. The van der Waals surface area contributed by atoms with Gasteiger partial charge in [-0.3, -0.25) is 4.79 Å². The fraction of sp³-hybridized carbons (Fsp3) is 0.545. The van der Waals surface area contributed by atoms with E-state index in [9.17, 15) is 4.79 Å². The number of nitrogens with zero attached hydrogens (tertiary/aromatic N) is 4. The number of thioether (sulfide) groups is 1. The number of carbonyl (C=O) groups excluding carboxylic acids is 1. The highest BCUT2D eigenvalue weighted by Crippen LogP contribution is 2.19. The molecular formula is C22H31N5O2S. The van der Waals surface area contributed by atoms with Crippen LogP contribution in [0.1, 0.15) is 42.8 Å². The molecule has 0 saturated carbocycles. The quantitative estimate of drug-likeness (QED) is 0.535. The monoisotopic (exact) mass is 429 g/mol. The summed E-state index contributed by atoms with van der Waals surface area (Å²) in [4.78, 5) is 28.1. The van der Waals surface area contributed by atoms with Crippen LogP contribution in [0, 0.1) is 13.8 Å².